The Labute approximate surface area is 132 Å². The lowest BCUT2D eigenvalue weighted by atomic mass is 10.2. The number of nitrogens with two attached hydrogens (primary N) is 1. The SMILES string of the molecule is C=C(C)COCCNC(=O)c1sc2cccc(Cl)c2c1N. The van der Waals surface area contributed by atoms with Crippen LogP contribution in [0.25, 0.3) is 10.1 Å². The molecule has 3 N–H and O–H groups in total. The van der Waals surface area contributed by atoms with Crippen molar-refractivity contribution in [3.8, 4) is 0 Å². The van der Waals surface area contributed by atoms with Gasteiger partial charge in [-0.15, -0.1) is 11.3 Å². The highest BCUT2D eigenvalue weighted by Gasteiger charge is 2.17. The van der Waals surface area contributed by atoms with Gasteiger partial charge in [-0.2, -0.15) is 0 Å². The molecule has 6 heteroatoms. The van der Waals surface area contributed by atoms with Gasteiger partial charge in [-0.05, 0) is 19.1 Å². The Morgan fingerprint density at radius 1 is 1.52 bits per heavy atom. The van der Waals surface area contributed by atoms with Crippen molar-refractivity contribution < 1.29 is 9.53 Å². The summed E-state index contributed by atoms with van der Waals surface area (Å²) >= 11 is 7.46. The van der Waals surface area contributed by atoms with E-state index in [1.165, 1.54) is 11.3 Å². The number of nitrogen functional groups attached to an aromatic ring is 1. The number of halogens is 1. The number of amides is 1. The fourth-order valence-corrected chi connectivity index (χ4v) is 3.26. The molecule has 0 saturated heterocycles. The number of carbonyl (C=O) groups excluding carboxylic acids is 1. The summed E-state index contributed by atoms with van der Waals surface area (Å²) < 4.78 is 6.23. The minimum atomic E-state index is -0.205. The molecule has 0 radical (unpaired) electrons. The van der Waals surface area contributed by atoms with E-state index in [9.17, 15) is 4.79 Å². The van der Waals surface area contributed by atoms with E-state index in [2.05, 4.69) is 11.9 Å². The van der Waals surface area contributed by atoms with Crippen LogP contribution < -0.4 is 11.1 Å². The number of thiophene rings is 1. The molecule has 0 aliphatic carbocycles. The number of fused-ring (bicyclic) bond motifs is 1. The van der Waals surface area contributed by atoms with Crippen molar-refractivity contribution in [3.63, 3.8) is 0 Å². The summed E-state index contributed by atoms with van der Waals surface area (Å²) in [5.74, 6) is -0.205. The van der Waals surface area contributed by atoms with Crippen LogP contribution in [0.15, 0.2) is 30.4 Å². The van der Waals surface area contributed by atoms with E-state index in [1.54, 1.807) is 6.07 Å². The molecule has 1 heterocycles. The number of benzene rings is 1. The Hall–Kier alpha value is -1.56. The first kappa shape index (κ1) is 15.8. The molecule has 2 rings (SSSR count). The third kappa shape index (κ3) is 3.75. The number of ether oxygens (including phenoxy) is 1. The van der Waals surface area contributed by atoms with Crippen molar-refractivity contribution in [2.45, 2.75) is 6.92 Å². The summed E-state index contributed by atoms with van der Waals surface area (Å²) in [6.07, 6.45) is 0. The molecule has 2 aromatic rings. The molecule has 0 aliphatic heterocycles. The van der Waals surface area contributed by atoms with Crippen molar-refractivity contribution in [2.75, 3.05) is 25.5 Å². The molecule has 4 nitrogen and oxygen atoms in total. The van der Waals surface area contributed by atoms with E-state index in [0.29, 0.717) is 35.3 Å². The molecule has 112 valence electrons. The first-order valence-electron chi connectivity index (χ1n) is 6.47. The van der Waals surface area contributed by atoms with Crippen LogP contribution in [0.1, 0.15) is 16.6 Å². The number of nitrogens with one attached hydrogen (secondary N) is 1. The van der Waals surface area contributed by atoms with Crippen LogP contribution in [0.3, 0.4) is 0 Å². The Bertz CT molecular complexity index is 682. The lowest BCUT2D eigenvalue weighted by molar-refractivity contribution is 0.0931. The second-order valence-electron chi connectivity index (χ2n) is 4.72. The summed E-state index contributed by atoms with van der Waals surface area (Å²) in [7, 11) is 0. The highest BCUT2D eigenvalue weighted by Crippen LogP contribution is 2.37. The van der Waals surface area contributed by atoms with E-state index in [1.807, 2.05) is 19.1 Å². The van der Waals surface area contributed by atoms with Gasteiger partial charge in [-0.3, -0.25) is 4.79 Å². The Morgan fingerprint density at radius 3 is 2.95 bits per heavy atom. The monoisotopic (exact) mass is 324 g/mol. The first-order valence-corrected chi connectivity index (χ1v) is 7.67. The molecule has 1 amide bonds. The van der Waals surface area contributed by atoms with Crippen molar-refractivity contribution >= 4 is 44.6 Å². The average molecular weight is 325 g/mol. The molecule has 1 aromatic carbocycles. The van der Waals surface area contributed by atoms with Crippen molar-refractivity contribution in [1.82, 2.24) is 5.32 Å². The van der Waals surface area contributed by atoms with Gasteiger partial charge in [0.25, 0.3) is 5.91 Å². The maximum Gasteiger partial charge on any atom is 0.263 e. The van der Waals surface area contributed by atoms with Crippen molar-refractivity contribution in [2.24, 2.45) is 0 Å². The lowest BCUT2D eigenvalue weighted by Crippen LogP contribution is -2.27. The van der Waals surface area contributed by atoms with Crippen LogP contribution in [0.5, 0.6) is 0 Å². The maximum atomic E-state index is 12.1. The zero-order chi connectivity index (χ0) is 15.4. The molecular formula is C15H17ClN2O2S. The summed E-state index contributed by atoms with van der Waals surface area (Å²) in [6.45, 7) is 6.98. The van der Waals surface area contributed by atoms with Gasteiger partial charge >= 0.3 is 0 Å². The fraction of sp³-hybridized carbons (Fsp3) is 0.267. The zero-order valence-corrected chi connectivity index (χ0v) is 13.3. The van der Waals surface area contributed by atoms with Gasteiger partial charge in [0, 0.05) is 16.6 Å². The third-order valence-electron chi connectivity index (χ3n) is 2.79. The van der Waals surface area contributed by atoms with E-state index in [4.69, 9.17) is 22.1 Å². The first-order chi connectivity index (χ1) is 10.0. The molecule has 0 bridgehead atoms. The standard InChI is InChI=1S/C15H17ClN2O2S/c1-9(2)8-20-7-6-18-15(19)14-13(17)12-10(16)4-3-5-11(12)21-14/h3-5H,1,6-8,17H2,2H3,(H,18,19). The molecule has 0 spiro atoms. The van der Waals surface area contributed by atoms with Gasteiger partial charge in [0.2, 0.25) is 0 Å². The third-order valence-corrected chi connectivity index (χ3v) is 4.27. The van der Waals surface area contributed by atoms with Crippen molar-refractivity contribution in [3.05, 3.63) is 40.3 Å². The summed E-state index contributed by atoms with van der Waals surface area (Å²) in [5.41, 5.74) is 7.41. The molecule has 21 heavy (non-hydrogen) atoms. The number of carbonyl (C=O) groups is 1. The second-order valence-corrected chi connectivity index (χ2v) is 6.18. The van der Waals surface area contributed by atoms with Gasteiger partial charge in [-0.25, -0.2) is 0 Å². The Morgan fingerprint density at radius 2 is 2.29 bits per heavy atom. The average Bonchev–Trinajstić information content (AvgIpc) is 2.76. The number of rotatable bonds is 6. The van der Waals surface area contributed by atoms with E-state index >= 15 is 0 Å². The van der Waals surface area contributed by atoms with Gasteiger partial charge in [0.1, 0.15) is 4.88 Å². The quantitative estimate of drug-likeness (QED) is 0.631. The molecule has 0 aliphatic rings. The number of hydrogen-bond donors (Lipinski definition) is 2. The Kier molecular flexibility index (Phi) is 5.22. The fourth-order valence-electron chi connectivity index (χ4n) is 1.86. The summed E-state index contributed by atoms with van der Waals surface area (Å²) in [6, 6.07) is 5.50. The minimum absolute atomic E-state index is 0.205. The normalized spacial score (nSPS) is 10.8. The smallest absolute Gasteiger partial charge is 0.263 e. The van der Waals surface area contributed by atoms with Crippen molar-refractivity contribution in [1.29, 1.82) is 0 Å². The Balaban J connectivity index is 2.01. The number of anilines is 1. The van der Waals surface area contributed by atoms with Crippen LogP contribution >= 0.6 is 22.9 Å². The van der Waals surface area contributed by atoms with Gasteiger partial charge in [0.15, 0.2) is 0 Å². The molecular weight excluding hydrogens is 308 g/mol. The van der Waals surface area contributed by atoms with Crippen LogP contribution in [-0.2, 0) is 4.74 Å². The summed E-state index contributed by atoms with van der Waals surface area (Å²) in [5, 5.41) is 4.09. The largest absolute Gasteiger partial charge is 0.397 e. The predicted octanol–water partition coefficient (Wildman–Crippen LogP) is 3.46. The van der Waals surface area contributed by atoms with Crippen LogP contribution in [0, 0.1) is 0 Å². The molecule has 0 unspecified atom stereocenters. The summed E-state index contributed by atoms with van der Waals surface area (Å²) in [4.78, 5) is 12.6. The van der Waals surface area contributed by atoms with Gasteiger partial charge in [-0.1, -0.05) is 29.8 Å². The number of hydrogen-bond acceptors (Lipinski definition) is 4. The lowest BCUT2D eigenvalue weighted by Gasteiger charge is -2.05. The van der Waals surface area contributed by atoms with E-state index in [0.717, 1.165) is 15.7 Å². The second kappa shape index (κ2) is 6.93. The molecule has 1 aromatic heterocycles. The molecule has 0 saturated carbocycles. The maximum absolute atomic E-state index is 12.1. The van der Waals surface area contributed by atoms with Gasteiger partial charge in [0.05, 0.1) is 23.9 Å². The van der Waals surface area contributed by atoms with E-state index < -0.39 is 0 Å². The predicted molar refractivity (Wildman–Crippen MR) is 89.2 cm³/mol. The molecule has 0 atom stereocenters. The minimum Gasteiger partial charge on any atom is -0.397 e. The van der Waals surface area contributed by atoms with Crippen LogP contribution in [-0.4, -0.2) is 25.7 Å². The van der Waals surface area contributed by atoms with Crippen LogP contribution in [0.2, 0.25) is 5.02 Å². The topological polar surface area (TPSA) is 64.3 Å². The van der Waals surface area contributed by atoms with E-state index in [-0.39, 0.29) is 5.91 Å². The zero-order valence-electron chi connectivity index (χ0n) is 11.7. The highest BCUT2D eigenvalue weighted by molar-refractivity contribution is 7.21. The van der Waals surface area contributed by atoms with Gasteiger partial charge < -0.3 is 15.8 Å². The molecule has 0 fully saturated rings. The highest BCUT2D eigenvalue weighted by atomic mass is 35.5. The van der Waals surface area contributed by atoms with Crippen LogP contribution in [0.4, 0.5) is 5.69 Å².